The van der Waals surface area contributed by atoms with E-state index in [2.05, 4.69) is 24.8 Å². The zero-order chi connectivity index (χ0) is 22.6. The van der Waals surface area contributed by atoms with Crippen LogP contribution in [0.15, 0.2) is 29.4 Å². The van der Waals surface area contributed by atoms with Crippen LogP contribution in [0.2, 0.25) is 0 Å². The van der Waals surface area contributed by atoms with Crippen LogP contribution in [0.1, 0.15) is 57.0 Å². The summed E-state index contributed by atoms with van der Waals surface area (Å²) >= 11 is 0. The SMILES string of the molecule is CC.CS(=O)(=O)c1cccc2c1nc(CNc1ncnc(N)c1C#N)n2C1CCCC1. The average molecular weight is 442 g/mol. The minimum Gasteiger partial charge on any atom is -0.382 e. The number of hydrogen-bond acceptors (Lipinski definition) is 8. The maximum atomic E-state index is 12.3. The van der Waals surface area contributed by atoms with Crippen molar-refractivity contribution >= 4 is 32.5 Å². The number of rotatable bonds is 5. The van der Waals surface area contributed by atoms with E-state index in [0.717, 1.165) is 31.2 Å². The standard InChI is InChI=1S/C19H21N7O2S.C2H6/c1-29(27,28)15-8-4-7-14-17(15)25-16(26(14)12-5-2-3-6-12)10-22-19-13(9-20)18(21)23-11-24-19;1-2/h4,7-8,11-12H,2-3,5-6,10H2,1H3,(H3,21,22,23,24);1-2H3. The van der Waals surface area contributed by atoms with Crippen LogP contribution in [0, 0.1) is 11.3 Å². The van der Waals surface area contributed by atoms with Gasteiger partial charge in [0, 0.05) is 12.3 Å². The third-order valence-electron chi connectivity index (χ3n) is 5.25. The number of nitrogens with zero attached hydrogens (tertiary/aromatic N) is 5. The maximum Gasteiger partial charge on any atom is 0.177 e. The van der Waals surface area contributed by atoms with Crippen LogP contribution in [-0.2, 0) is 16.4 Å². The fraction of sp³-hybridized carbons (Fsp3) is 0.429. The van der Waals surface area contributed by atoms with Crippen molar-refractivity contribution < 1.29 is 8.42 Å². The molecule has 1 aliphatic carbocycles. The first-order valence-corrected chi connectivity index (χ1v) is 12.2. The number of imidazole rings is 1. The zero-order valence-electron chi connectivity index (χ0n) is 18.0. The molecule has 1 fully saturated rings. The van der Waals surface area contributed by atoms with E-state index >= 15 is 0 Å². The largest absolute Gasteiger partial charge is 0.382 e. The summed E-state index contributed by atoms with van der Waals surface area (Å²) in [7, 11) is -3.42. The fourth-order valence-corrected chi connectivity index (χ4v) is 4.77. The topological polar surface area (TPSA) is 140 Å². The monoisotopic (exact) mass is 441 g/mol. The predicted molar refractivity (Wildman–Crippen MR) is 120 cm³/mol. The Morgan fingerprint density at radius 2 is 1.97 bits per heavy atom. The van der Waals surface area contributed by atoms with Gasteiger partial charge in [-0.15, -0.1) is 0 Å². The summed E-state index contributed by atoms with van der Waals surface area (Å²) in [5.41, 5.74) is 7.21. The summed E-state index contributed by atoms with van der Waals surface area (Å²) in [5, 5.41) is 12.4. The molecule has 9 nitrogen and oxygen atoms in total. The molecule has 31 heavy (non-hydrogen) atoms. The number of para-hydroxylation sites is 1. The van der Waals surface area contributed by atoms with Gasteiger partial charge in [-0.3, -0.25) is 0 Å². The van der Waals surface area contributed by atoms with Gasteiger partial charge >= 0.3 is 0 Å². The van der Waals surface area contributed by atoms with Crippen molar-refractivity contribution in [3.63, 3.8) is 0 Å². The van der Waals surface area contributed by atoms with Gasteiger partial charge in [-0.1, -0.05) is 32.8 Å². The maximum absolute atomic E-state index is 12.3. The third kappa shape index (κ3) is 4.46. The molecule has 3 N–H and O–H groups in total. The highest BCUT2D eigenvalue weighted by atomic mass is 32.2. The summed E-state index contributed by atoms with van der Waals surface area (Å²) in [6.07, 6.45) is 6.78. The smallest absolute Gasteiger partial charge is 0.177 e. The molecular weight excluding hydrogens is 414 g/mol. The van der Waals surface area contributed by atoms with E-state index < -0.39 is 9.84 Å². The van der Waals surface area contributed by atoms with Crippen LogP contribution >= 0.6 is 0 Å². The third-order valence-corrected chi connectivity index (χ3v) is 6.38. The molecule has 0 aliphatic heterocycles. The molecule has 0 bridgehead atoms. The molecule has 0 amide bonds. The lowest BCUT2D eigenvalue weighted by atomic mass is 10.2. The number of benzene rings is 1. The van der Waals surface area contributed by atoms with Crippen molar-refractivity contribution in [2.45, 2.75) is 57.0 Å². The number of nitriles is 1. The van der Waals surface area contributed by atoms with Crippen LogP contribution in [0.3, 0.4) is 0 Å². The Kier molecular flexibility index (Phi) is 6.75. The fourth-order valence-electron chi connectivity index (χ4n) is 3.94. The minimum atomic E-state index is -3.42. The first-order chi connectivity index (χ1) is 14.9. The Bertz CT molecular complexity index is 1220. The number of sulfone groups is 1. The van der Waals surface area contributed by atoms with Gasteiger partial charge in [-0.25, -0.2) is 23.4 Å². The lowest BCUT2D eigenvalue weighted by molar-refractivity contribution is 0.513. The average Bonchev–Trinajstić information content (AvgIpc) is 3.40. The number of hydrogen-bond donors (Lipinski definition) is 2. The predicted octanol–water partition coefficient (Wildman–Crippen LogP) is 3.44. The van der Waals surface area contributed by atoms with E-state index in [1.165, 1.54) is 12.6 Å². The molecule has 1 aromatic carbocycles. The Hall–Kier alpha value is -3.19. The summed E-state index contributed by atoms with van der Waals surface area (Å²) in [5.74, 6) is 1.13. The Balaban J connectivity index is 0.00000132. The molecule has 1 saturated carbocycles. The second-order valence-electron chi connectivity index (χ2n) is 7.18. The van der Waals surface area contributed by atoms with Crippen LogP contribution in [0.4, 0.5) is 11.6 Å². The van der Waals surface area contributed by atoms with Crippen molar-refractivity contribution in [2.75, 3.05) is 17.3 Å². The van der Waals surface area contributed by atoms with Gasteiger partial charge in [-0.2, -0.15) is 5.26 Å². The molecule has 0 atom stereocenters. The lowest BCUT2D eigenvalue weighted by Gasteiger charge is -2.17. The highest BCUT2D eigenvalue weighted by molar-refractivity contribution is 7.91. The first kappa shape index (κ1) is 22.5. The van der Waals surface area contributed by atoms with Crippen LogP contribution in [0.25, 0.3) is 11.0 Å². The molecule has 0 saturated heterocycles. The highest BCUT2D eigenvalue weighted by Gasteiger charge is 2.25. The Morgan fingerprint density at radius 1 is 1.26 bits per heavy atom. The molecule has 1 aliphatic rings. The first-order valence-electron chi connectivity index (χ1n) is 10.3. The van der Waals surface area contributed by atoms with Gasteiger partial charge in [-0.05, 0) is 25.0 Å². The second-order valence-corrected chi connectivity index (χ2v) is 9.16. The summed E-state index contributed by atoms with van der Waals surface area (Å²) in [4.78, 5) is 12.8. The zero-order valence-corrected chi connectivity index (χ0v) is 18.8. The van der Waals surface area contributed by atoms with Crippen LogP contribution in [0.5, 0.6) is 0 Å². The van der Waals surface area contributed by atoms with Crippen LogP contribution < -0.4 is 11.1 Å². The van der Waals surface area contributed by atoms with Gasteiger partial charge in [0.05, 0.1) is 17.0 Å². The summed E-state index contributed by atoms with van der Waals surface area (Å²) < 4.78 is 26.6. The molecule has 4 rings (SSSR count). The van der Waals surface area contributed by atoms with Gasteiger partial charge < -0.3 is 15.6 Å². The molecule has 0 spiro atoms. The Morgan fingerprint density at radius 3 is 2.61 bits per heavy atom. The number of nitrogens with one attached hydrogen (secondary N) is 1. The minimum absolute atomic E-state index is 0.105. The van der Waals surface area contributed by atoms with Crippen LogP contribution in [-0.4, -0.2) is 34.2 Å². The Labute approximate surface area is 182 Å². The quantitative estimate of drug-likeness (QED) is 0.614. The van der Waals surface area contributed by atoms with Crippen molar-refractivity contribution in [1.82, 2.24) is 19.5 Å². The number of anilines is 2. The van der Waals surface area contributed by atoms with Crippen molar-refractivity contribution in [3.8, 4) is 6.07 Å². The van der Waals surface area contributed by atoms with Crippen molar-refractivity contribution in [1.29, 1.82) is 5.26 Å². The van der Waals surface area contributed by atoms with Gasteiger partial charge in [0.1, 0.15) is 40.9 Å². The van der Waals surface area contributed by atoms with E-state index in [9.17, 15) is 13.7 Å². The summed E-state index contributed by atoms with van der Waals surface area (Å²) in [6, 6.07) is 7.51. The number of fused-ring (bicyclic) bond motifs is 1. The molecule has 164 valence electrons. The van der Waals surface area contributed by atoms with Gasteiger partial charge in [0.2, 0.25) is 0 Å². The lowest BCUT2D eigenvalue weighted by Crippen LogP contribution is -2.14. The van der Waals surface area contributed by atoms with E-state index in [-0.39, 0.29) is 28.9 Å². The van der Waals surface area contributed by atoms with Gasteiger partial charge in [0.15, 0.2) is 9.84 Å². The molecule has 2 heterocycles. The molecule has 10 heteroatoms. The highest BCUT2D eigenvalue weighted by Crippen LogP contribution is 2.35. The van der Waals surface area contributed by atoms with E-state index in [4.69, 9.17) is 5.73 Å². The van der Waals surface area contributed by atoms with Crippen molar-refractivity contribution in [2.24, 2.45) is 0 Å². The van der Waals surface area contributed by atoms with Crippen molar-refractivity contribution in [3.05, 3.63) is 35.9 Å². The van der Waals surface area contributed by atoms with E-state index in [1.807, 2.05) is 26.0 Å². The number of nitrogens with two attached hydrogens (primary N) is 1. The number of aromatic nitrogens is 4. The second kappa shape index (κ2) is 9.31. The number of nitrogen functional groups attached to an aromatic ring is 1. The molecule has 2 aromatic heterocycles. The van der Waals surface area contributed by atoms with E-state index in [0.29, 0.717) is 17.2 Å². The van der Waals surface area contributed by atoms with E-state index in [1.54, 1.807) is 12.1 Å². The van der Waals surface area contributed by atoms with Gasteiger partial charge in [0.25, 0.3) is 0 Å². The molecule has 0 unspecified atom stereocenters. The summed E-state index contributed by atoms with van der Waals surface area (Å²) in [6.45, 7) is 4.28. The molecular formula is C21H27N7O2S. The molecule has 0 radical (unpaired) electrons. The normalized spacial score (nSPS) is 14.1. The molecule has 3 aromatic rings.